The van der Waals surface area contributed by atoms with Gasteiger partial charge in [0, 0.05) is 18.5 Å². The molecule has 2 aromatic rings. The molecule has 1 aliphatic rings. The zero-order valence-corrected chi connectivity index (χ0v) is 9.34. The topological polar surface area (TPSA) is 72.4 Å². The zero-order valence-electron chi connectivity index (χ0n) is 9.34. The lowest BCUT2D eigenvalue weighted by Crippen LogP contribution is -2.35. The lowest BCUT2D eigenvalue weighted by Gasteiger charge is -2.25. The molecule has 0 atom stereocenters. The number of hydrogen-bond donors (Lipinski definition) is 0. The molecule has 0 radical (unpaired) electrons. The molecule has 1 amide bonds. The summed E-state index contributed by atoms with van der Waals surface area (Å²) in [5.41, 5.74) is 1.49. The van der Waals surface area contributed by atoms with Crippen LogP contribution in [0.25, 0.3) is 0 Å². The van der Waals surface area contributed by atoms with E-state index in [0.29, 0.717) is 30.8 Å². The molecule has 0 aromatic carbocycles. The van der Waals surface area contributed by atoms with Crippen LogP contribution < -0.4 is 0 Å². The average molecular weight is 233 g/mol. The van der Waals surface area contributed by atoms with Gasteiger partial charge < -0.3 is 13.9 Å². The minimum Gasteiger partial charge on any atom is -0.361 e. The third kappa shape index (κ3) is 1.61. The van der Waals surface area contributed by atoms with Gasteiger partial charge in [-0.3, -0.25) is 4.79 Å². The van der Waals surface area contributed by atoms with E-state index in [1.807, 2.05) is 0 Å². The monoisotopic (exact) mass is 233 g/mol. The Bertz CT molecular complexity index is 558. The summed E-state index contributed by atoms with van der Waals surface area (Å²) in [5, 5.41) is 7.35. The van der Waals surface area contributed by atoms with Gasteiger partial charge in [0.05, 0.1) is 18.9 Å². The fourth-order valence-corrected chi connectivity index (χ4v) is 1.99. The number of carbonyl (C=O) groups is 1. The molecule has 0 fully saturated rings. The van der Waals surface area contributed by atoms with Crippen LogP contribution in [0.4, 0.5) is 0 Å². The highest BCUT2D eigenvalue weighted by Gasteiger charge is 2.26. The fraction of sp³-hybridized carbons (Fsp3) is 0.364. The van der Waals surface area contributed by atoms with Crippen LogP contribution in [0.1, 0.15) is 27.4 Å². The zero-order chi connectivity index (χ0) is 11.8. The number of aromatic nitrogens is 2. The Morgan fingerprint density at radius 1 is 1.35 bits per heavy atom. The molecular weight excluding hydrogens is 222 g/mol. The number of carbonyl (C=O) groups excluding carboxylic acids is 1. The van der Waals surface area contributed by atoms with Crippen molar-refractivity contribution in [2.45, 2.75) is 19.9 Å². The smallest absolute Gasteiger partial charge is 0.259 e. The van der Waals surface area contributed by atoms with Gasteiger partial charge >= 0.3 is 0 Å². The van der Waals surface area contributed by atoms with Crippen molar-refractivity contribution in [1.82, 2.24) is 15.2 Å². The van der Waals surface area contributed by atoms with Crippen molar-refractivity contribution < 1.29 is 13.8 Å². The van der Waals surface area contributed by atoms with Crippen LogP contribution in [0.5, 0.6) is 0 Å². The molecule has 3 rings (SSSR count). The van der Waals surface area contributed by atoms with E-state index < -0.39 is 0 Å². The Labute approximate surface area is 97.2 Å². The van der Waals surface area contributed by atoms with Crippen molar-refractivity contribution in [2.75, 3.05) is 6.54 Å². The first kappa shape index (κ1) is 10.1. The Morgan fingerprint density at radius 2 is 2.18 bits per heavy atom. The number of fused-ring (bicyclic) bond motifs is 1. The largest absolute Gasteiger partial charge is 0.361 e. The third-order valence-electron chi connectivity index (χ3n) is 2.97. The van der Waals surface area contributed by atoms with Crippen LogP contribution >= 0.6 is 0 Å². The molecule has 2 aromatic heterocycles. The van der Waals surface area contributed by atoms with Crippen LogP contribution in [0.3, 0.4) is 0 Å². The van der Waals surface area contributed by atoms with Gasteiger partial charge in [-0.15, -0.1) is 0 Å². The molecule has 0 saturated carbocycles. The van der Waals surface area contributed by atoms with Crippen LogP contribution in [0.15, 0.2) is 21.4 Å². The van der Waals surface area contributed by atoms with Crippen molar-refractivity contribution in [3.05, 3.63) is 35.0 Å². The molecule has 6 nitrogen and oxygen atoms in total. The fourth-order valence-electron chi connectivity index (χ4n) is 1.99. The van der Waals surface area contributed by atoms with E-state index in [9.17, 15) is 4.79 Å². The van der Waals surface area contributed by atoms with Gasteiger partial charge in [-0.1, -0.05) is 10.3 Å². The molecule has 0 unspecified atom stereocenters. The molecule has 0 saturated heterocycles. The molecule has 3 heterocycles. The highest BCUT2D eigenvalue weighted by atomic mass is 16.5. The van der Waals surface area contributed by atoms with E-state index >= 15 is 0 Å². The summed E-state index contributed by atoms with van der Waals surface area (Å²) in [6, 6.07) is 0. The van der Waals surface area contributed by atoms with Crippen LogP contribution in [-0.4, -0.2) is 27.7 Å². The molecule has 0 spiro atoms. The number of amides is 1. The highest BCUT2D eigenvalue weighted by molar-refractivity contribution is 5.94. The Balaban J connectivity index is 1.84. The van der Waals surface area contributed by atoms with Gasteiger partial charge in [-0.2, -0.15) is 0 Å². The van der Waals surface area contributed by atoms with Crippen molar-refractivity contribution in [1.29, 1.82) is 0 Å². The van der Waals surface area contributed by atoms with Gasteiger partial charge in [-0.05, 0) is 6.92 Å². The molecule has 6 heteroatoms. The standard InChI is InChI=1S/C11H11N3O3/c1-7-9(5-13-16-7)11(15)14-3-2-10-8(6-14)4-12-17-10/h4-5H,2-3,6H2,1H3. The second kappa shape index (κ2) is 3.73. The first-order valence-electron chi connectivity index (χ1n) is 5.38. The minimum absolute atomic E-state index is 0.0596. The summed E-state index contributed by atoms with van der Waals surface area (Å²) in [6.45, 7) is 2.89. The molecule has 1 aliphatic heterocycles. The van der Waals surface area contributed by atoms with Crippen molar-refractivity contribution in [2.24, 2.45) is 0 Å². The summed E-state index contributed by atoms with van der Waals surface area (Å²) in [7, 11) is 0. The normalized spacial score (nSPS) is 14.8. The van der Waals surface area contributed by atoms with E-state index in [1.54, 1.807) is 18.0 Å². The molecule has 88 valence electrons. The van der Waals surface area contributed by atoms with Crippen LogP contribution in [0.2, 0.25) is 0 Å². The van der Waals surface area contributed by atoms with E-state index in [0.717, 1.165) is 11.3 Å². The highest BCUT2D eigenvalue weighted by Crippen LogP contribution is 2.20. The van der Waals surface area contributed by atoms with Gasteiger partial charge in [0.2, 0.25) is 0 Å². The number of aryl methyl sites for hydroxylation is 1. The number of nitrogens with zero attached hydrogens (tertiary/aromatic N) is 3. The maximum absolute atomic E-state index is 12.2. The summed E-state index contributed by atoms with van der Waals surface area (Å²) in [6.07, 6.45) is 3.82. The SMILES string of the molecule is Cc1oncc1C(=O)N1CCc2oncc2C1. The van der Waals surface area contributed by atoms with Gasteiger partial charge in [0.25, 0.3) is 5.91 Å². The third-order valence-corrected chi connectivity index (χ3v) is 2.97. The predicted molar refractivity (Wildman–Crippen MR) is 56.2 cm³/mol. The predicted octanol–water partition coefficient (Wildman–Crippen LogP) is 1.17. The van der Waals surface area contributed by atoms with E-state index in [2.05, 4.69) is 10.3 Å². The van der Waals surface area contributed by atoms with Crippen LogP contribution in [-0.2, 0) is 13.0 Å². The lowest BCUT2D eigenvalue weighted by molar-refractivity contribution is 0.0727. The molecular formula is C11H11N3O3. The van der Waals surface area contributed by atoms with Gasteiger partial charge in [-0.25, -0.2) is 0 Å². The molecule has 0 N–H and O–H groups in total. The average Bonchev–Trinajstić information content (AvgIpc) is 2.95. The number of hydrogen-bond acceptors (Lipinski definition) is 5. The summed E-state index contributed by atoms with van der Waals surface area (Å²) < 4.78 is 9.98. The van der Waals surface area contributed by atoms with Crippen molar-refractivity contribution in [3.63, 3.8) is 0 Å². The quantitative estimate of drug-likeness (QED) is 0.739. The maximum Gasteiger partial charge on any atom is 0.259 e. The second-order valence-electron chi connectivity index (χ2n) is 4.05. The van der Waals surface area contributed by atoms with Crippen LogP contribution in [0, 0.1) is 6.92 Å². The summed E-state index contributed by atoms with van der Waals surface area (Å²) in [5.74, 6) is 1.36. The van der Waals surface area contributed by atoms with Crippen molar-refractivity contribution in [3.8, 4) is 0 Å². The molecule has 17 heavy (non-hydrogen) atoms. The van der Waals surface area contributed by atoms with Crippen molar-refractivity contribution >= 4 is 5.91 Å². The Morgan fingerprint density at radius 3 is 2.94 bits per heavy atom. The van der Waals surface area contributed by atoms with E-state index in [1.165, 1.54) is 6.20 Å². The maximum atomic E-state index is 12.2. The Hall–Kier alpha value is -2.11. The Kier molecular flexibility index (Phi) is 2.21. The van der Waals surface area contributed by atoms with E-state index in [-0.39, 0.29) is 5.91 Å². The summed E-state index contributed by atoms with van der Waals surface area (Å²) in [4.78, 5) is 13.9. The lowest BCUT2D eigenvalue weighted by atomic mass is 10.1. The molecule has 0 aliphatic carbocycles. The van der Waals surface area contributed by atoms with Gasteiger partial charge in [0.15, 0.2) is 0 Å². The second-order valence-corrected chi connectivity index (χ2v) is 4.05. The summed E-state index contributed by atoms with van der Waals surface area (Å²) >= 11 is 0. The number of rotatable bonds is 1. The minimum atomic E-state index is -0.0596. The first-order chi connectivity index (χ1) is 8.25. The van der Waals surface area contributed by atoms with Gasteiger partial charge in [0.1, 0.15) is 17.1 Å². The van der Waals surface area contributed by atoms with E-state index in [4.69, 9.17) is 9.05 Å². The first-order valence-corrected chi connectivity index (χ1v) is 5.38. The molecule has 0 bridgehead atoms.